The van der Waals surface area contributed by atoms with Crippen molar-refractivity contribution in [1.82, 2.24) is 0 Å². The number of benzene rings is 4. The molecule has 1 aliphatic rings. The van der Waals surface area contributed by atoms with Crippen molar-refractivity contribution in [1.29, 1.82) is 0 Å². The molecule has 72 heavy (non-hydrogen) atoms. The third kappa shape index (κ3) is 13.2. The number of ether oxygens (including phenoxy) is 9. The van der Waals surface area contributed by atoms with Crippen LogP contribution in [0.5, 0.6) is 63.2 Å². The molecule has 0 amide bonds. The monoisotopic (exact) mass is 1100 g/mol. The van der Waals surface area contributed by atoms with Crippen molar-refractivity contribution in [3.8, 4) is 74.4 Å². The van der Waals surface area contributed by atoms with Crippen molar-refractivity contribution in [2.24, 2.45) is 0 Å². The van der Waals surface area contributed by atoms with Crippen LogP contribution in [0.25, 0.3) is 43.6 Å². The van der Waals surface area contributed by atoms with Gasteiger partial charge in [0, 0.05) is 22.6 Å². The molecule has 0 bridgehead atoms. The van der Waals surface area contributed by atoms with E-state index in [-0.39, 0.29) is 56.7 Å². The molecular weight excluding hydrogens is 1040 g/mol. The number of carbonyl (C=O) groups is 1. The van der Waals surface area contributed by atoms with E-state index in [2.05, 4.69) is 83.7 Å². The Morgan fingerprint density at radius 1 is 0.556 bits per heavy atom. The molecule has 17 nitrogen and oxygen atoms in total. The first-order valence-electron chi connectivity index (χ1n) is 22.2. The smallest absolute Gasteiger partial charge is 0.541 e. The number of carbonyl (C=O) groups excluding carboxylic acids is 1. The van der Waals surface area contributed by atoms with Crippen molar-refractivity contribution < 1.29 is 90.3 Å². The van der Waals surface area contributed by atoms with Crippen molar-refractivity contribution >= 4 is 54.9 Å². The summed E-state index contributed by atoms with van der Waals surface area (Å²) in [5, 5.41) is -0.252. The Labute approximate surface area is 454 Å². The van der Waals surface area contributed by atoms with E-state index < -0.39 is 27.3 Å². The largest absolute Gasteiger partial charge is 1.00 e. The van der Waals surface area contributed by atoms with Crippen molar-refractivity contribution in [3.05, 3.63) is 98.2 Å². The molecule has 0 N–H and O–H groups in total. The summed E-state index contributed by atoms with van der Waals surface area (Å²) in [5.41, 5.74) is 16.7. The average Bonchev–Trinajstić information content (AvgIpc) is 3.43. The summed E-state index contributed by atoms with van der Waals surface area (Å²) in [6.07, 6.45) is 1.55. The molecule has 5 aromatic rings. The normalized spacial score (nSPS) is 13.3. The summed E-state index contributed by atoms with van der Waals surface area (Å²) in [4.78, 5) is 27.0. The van der Waals surface area contributed by atoms with Gasteiger partial charge in [0.2, 0.25) is 33.8 Å². The molecule has 6 rings (SSSR count). The van der Waals surface area contributed by atoms with Gasteiger partial charge < -0.3 is 67.0 Å². The quantitative estimate of drug-likeness (QED) is 0.0253. The summed E-state index contributed by atoms with van der Waals surface area (Å²) in [5.74, 6) is 4.89. The fraction of sp³-hybridized carbons (Fsp3) is 0.412. The molecule has 0 saturated carbocycles. The molecule has 1 aliphatic heterocycles. The van der Waals surface area contributed by atoms with Crippen LogP contribution in [0.1, 0.15) is 52.7 Å². The van der Waals surface area contributed by atoms with Gasteiger partial charge in [-0.05, 0) is 111 Å². The molecule has 384 valence electrons. The second-order valence-corrected chi connectivity index (χ2v) is 29.2. The van der Waals surface area contributed by atoms with Crippen LogP contribution in [0.3, 0.4) is 0 Å². The van der Waals surface area contributed by atoms with Gasteiger partial charge in [-0.1, -0.05) is 53.7 Å². The van der Waals surface area contributed by atoms with Crippen LogP contribution in [0, 0.1) is 0 Å². The molecular formula is C51H65BrN3NaO14Si2. The molecule has 0 fully saturated rings. The van der Waals surface area contributed by atoms with E-state index in [0.717, 1.165) is 11.1 Å². The number of alkyl halides is 1. The number of hydrogen-bond acceptors (Lipinski definition) is 14. The van der Waals surface area contributed by atoms with Crippen LogP contribution in [0.15, 0.2) is 69.9 Å². The van der Waals surface area contributed by atoms with Crippen LogP contribution >= 0.6 is 15.9 Å². The third-order valence-electron chi connectivity index (χ3n) is 12.6. The Bertz CT molecular complexity index is 2870. The van der Waals surface area contributed by atoms with E-state index >= 15 is 0 Å². The fourth-order valence-corrected chi connectivity index (χ4v) is 9.18. The van der Waals surface area contributed by atoms with Gasteiger partial charge in [-0.25, -0.2) is 4.79 Å². The van der Waals surface area contributed by atoms with Crippen LogP contribution < -0.4 is 86.7 Å². The Hall–Kier alpha value is -5.48. The number of ketones is 1. The molecule has 0 spiro atoms. The summed E-state index contributed by atoms with van der Waals surface area (Å²) >= 11 is 3.33. The SMILES string of the molecule is COc1ccc(-c2cc(=O)oc3c(OC)c(OC)c(OC)cc23)cc1O[Si](C)(C)C(C)(C)C.COc1ccc(C2=CC(=O)C(Br)Oc3c2cc(OC)c(OC)c3OC)cc1O[Si](C)(C)C(C)(C)C.[N-]=[N+]=[N-].[Na+]. The van der Waals surface area contributed by atoms with E-state index in [1.807, 2.05) is 36.4 Å². The van der Waals surface area contributed by atoms with Gasteiger partial charge in [-0.15, -0.1) is 0 Å². The summed E-state index contributed by atoms with van der Waals surface area (Å²) < 4.78 is 69.1. The number of rotatable bonds is 14. The Kier molecular flexibility index (Phi) is 21.1. The predicted molar refractivity (Wildman–Crippen MR) is 284 cm³/mol. The van der Waals surface area contributed by atoms with Gasteiger partial charge in [-0.3, -0.25) is 9.71 Å². The second-order valence-electron chi connectivity index (χ2n) is 19.0. The van der Waals surface area contributed by atoms with Gasteiger partial charge in [-0.2, -0.15) is 0 Å². The van der Waals surface area contributed by atoms with Crippen molar-refractivity contribution in [2.45, 2.75) is 82.8 Å². The van der Waals surface area contributed by atoms with Crippen LogP contribution in [-0.4, -0.2) is 84.3 Å². The topological polar surface area (TPSA) is 208 Å². The van der Waals surface area contributed by atoms with Crippen LogP contribution in [-0.2, 0) is 4.79 Å². The Balaban J connectivity index is 0.000000356. The maximum Gasteiger partial charge on any atom is 1.00 e. The van der Waals surface area contributed by atoms with E-state index in [4.69, 9.17) is 67.0 Å². The van der Waals surface area contributed by atoms with E-state index in [1.165, 1.54) is 39.4 Å². The first-order chi connectivity index (χ1) is 33.3. The minimum atomic E-state index is -2.17. The van der Waals surface area contributed by atoms with Crippen LogP contribution in [0.4, 0.5) is 0 Å². The second kappa shape index (κ2) is 25.0. The first-order valence-corrected chi connectivity index (χ1v) is 28.9. The van der Waals surface area contributed by atoms with Gasteiger partial charge in [0.25, 0.3) is 16.6 Å². The fourth-order valence-electron chi connectivity index (χ4n) is 6.83. The molecule has 4 aromatic carbocycles. The van der Waals surface area contributed by atoms with Crippen molar-refractivity contribution in [3.63, 3.8) is 0 Å². The van der Waals surface area contributed by atoms with E-state index in [9.17, 15) is 9.59 Å². The Morgan fingerprint density at radius 2 is 0.986 bits per heavy atom. The zero-order chi connectivity index (χ0) is 53.4. The maximum atomic E-state index is 12.9. The van der Waals surface area contributed by atoms with E-state index in [1.54, 1.807) is 46.6 Å². The Morgan fingerprint density at radius 3 is 1.43 bits per heavy atom. The number of methoxy groups -OCH3 is 8. The summed E-state index contributed by atoms with van der Waals surface area (Å²) in [7, 11) is 8.02. The van der Waals surface area contributed by atoms with Crippen LogP contribution in [0.2, 0.25) is 36.3 Å². The molecule has 1 atom stereocenters. The predicted octanol–water partition coefficient (Wildman–Crippen LogP) is 9.97. The van der Waals surface area contributed by atoms with Gasteiger partial charge >= 0.3 is 35.2 Å². The average molecular weight is 1100 g/mol. The molecule has 0 saturated heterocycles. The third-order valence-corrected chi connectivity index (χ3v) is 22.0. The first kappa shape index (κ1) is 60.8. The number of halogens is 1. The molecule has 0 radical (unpaired) electrons. The van der Waals surface area contributed by atoms with E-state index in [0.29, 0.717) is 79.6 Å². The molecule has 1 aromatic heterocycles. The number of hydrogen-bond donors (Lipinski definition) is 0. The van der Waals surface area contributed by atoms with Gasteiger partial charge in [0.05, 0.1) is 56.9 Å². The minimum absolute atomic E-state index is 0. The zero-order valence-corrected chi connectivity index (χ0v) is 50.4. The van der Waals surface area contributed by atoms with Crippen molar-refractivity contribution in [2.75, 3.05) is 56.9 Å². The molecule has 21 heteroatoms. The molecule has 2 heterocycles. The van der Waals surface area contributed by atoms with Gasteiger partial charge in [0.1, 0.15) is 11.5 Å². The zero-order valence-electron chi connectivity index (χ0n) is 44.8. The number of nitrogens with zero attached hydrogens (tertiary/aromatic N) is 3. The molecule has 1 unspecified atom stereocenters. The number of fused-ring (bicyclic) bond motifs is 2. The molecule has 0 aliphatic carbocycles. The summed E-state index contributed by atoms with van der Waals surface area (Å²) in [6.45, 7) is 21.8. The van der Waals surface area contributed by atoms with Gasteiger partial charge in [0.15, 0.2) is 34.3 Å². The maximum absolute atomic E-state index is 12.9. The standard InChI is InChI=1S/C26H33BrO7Si.C25H32O7Si.N3.Na/c1-26(2,3)35(8,9)34-20-12-15(10-11-19(20)29-4)16-13-18(28)25(27)33-22-17(16)14-21(30-5)23(31-6)24(22)32-7;1-25(2,3)33(8,9)32-19-12-15(10-11-18(19)27-4)16-14-21(26)31-22-17(16)13-20(28-5)23(29-6)24(22)30-7;1-3-2;/h10-14,25H,1-9H3;10-14H,1-9H3;;/q;;-1;+1. The minimum Gasteiger partial charge on any atom is -0.541 e. The summed E-state index contributed by atoms with van der Waals surface area (Å²) in [6, 6.07) is 16.3.